The smallest absolute Gasteiger partial charge is 0.128 e. The van der Waals surface area contributed by atoms with E-state index in [1.807, 2.05) is 12.1 Å². The molecular formula is C17H14ClN3O2. The Morgan fingerprint density at radius 2 is 2.26 bits per heavy atom. The average Bonchev–Trinajstić information content (AvgIpc) is 3.08. The van der Waals surface area contributed by atoms with Crippen LogP contribution >= 0.6 is 11.6 Å². The predicted octanol–water partition coefficient (Wildman–Crippen LogP) is 4.15. The van der Waals surface area contributed by atoms with Gasteiger partial charge in [-0.25, -0.2) is 4.98 Å². The molecule has 0 aliphatic carbocycles. The lowest BCUT2D eigenvalue weighted by Crippen LogP contribution is -2.16. The van der Waals surface area contributed by atoms with Crippen molar-refractivity contribution in [3.63, 3.8) is 0 Å². The lowest BCUT2D eigenvalue weighted by molar-refractivity contribution is 0.178. The Morgan fingerprint density at radius 3 is 2.96 bits per heavy atom. The summed E-state index contributed by atoms with van der Waals surface area (Å²) in [6.07, 6.45) is 1.61. The largest absolute Gasteiger partial charge is 0.467 e. The van der Waals surface area contributed by atoms with Crippen molar-refractivity contribution in [1.82, 2.24) is 4.98 Å². The number of benzene rings is 1. The zero-order chi connectivity index (χ0) is 16.2. The number of nitriles is 1. The number of pyridine rings is 1. The molecule has 0 spiro atoms. The summed E-state index contributed by atoms with van der Waals surface area (Å²) in [5.74, 6) is 1.32. The number of methoxy groups -OCH3 is 1. The maximum atomic E-state index is 9.38. The maximum absolute atomic E-state index is 9.38. The van der Waals surface area contributed by atoms with Gasteiger partial charge in [0.25, 0.3) is 0 Å². The molecule has 0 amide bonds. The van der Waals surface area contributed by atoms with E-state index in [9.17, 15) is 5.26 Å². The lowest BCUT2D eigenvalue weighted by Gasteiger charge is -2.17. The van der Waals surface area contributed by atoms with E-state index in [0.717, 1.165) is 11.1 Å². The highest BCUT2D eigenvalue weighted by atomic mass is 35.5. The second-order valence-corrected chi connectivity index (χ2v) is 5.43. The second-order valence-electron chi connectivity index (χ2n) is 5.00. The molecule has 5 nitrogen and oxygen atoms in total. The number of ether oxygens (including phenoxy) is 1. The molecule has 1 atom stereocenters. The van der Waals surface area contributed by atoms with Gasteiger partial charge in [-0.1, -0.05) is 11.6 Å². The summed E-state index contributed by atoms with van der Waals surface area (Å²) in [6.45, 7) is 0.412. The Kier molecular flexibility index (Phi) is 4.47. The first kappa shape index (κ1) is 15.3. The third-order valence-electron chi connectivity index (χ3n) is 3.43. The molecule has 0 fully saturated rings. The zero-order valence-electron chi connectivity index (χ0n) is 12.4. The van der Waals surface area contributed by atoms with E-state index in [0.29, 0.717) is 28.5 Å². The number of fused-ring (bicyclic) bond motifs is 1. The van der Waals surface area contributed by atoms with Gasteiger partial charge >= 0.3 is 0 Å². The van der Waals surface area contributed by atoms with Crippen LogP contribution in [0.15, 0.2) is 47.1 Å². The van der Waals surface area contributed by atoms with E-state index in [4.69, 9.17) is 20.8 Å². The minimum atomic E-state index is -0.196. The summed E-state index contributed by atoms with van der Waals surface area (Å²) < 4.78 is 10.7. The van der Waals surface area contributed by atoms with E-state index in [-0.39, 0.29) is 6.04 Å². The van der Waals surface area contributed by atoms with Crippen molar-refractivity contribution in [3.8, 4) is 6.07 Å². The summed E-state index contributed by atoms with van der Waals surface area (Å²) in [7, 11) is 1.62. The van der Waals surface area contributed by atoms with Crippen molar-refractivity contribution in [1.29, 1.82) is 5.26 Å². The van der Waals surface area contributed by atoms with Crippen LogP contribution in [0, 0.1) is 11.3 Å². The van der Waals surface area contributed by atoms with Gasteiger partial charge in [0.05, 0.1) is 30.0 Å². The Bertz CT molecular complexity index is 856. The number of nitrogens with one attached hydrogen (secondary N) is 1. The molecule has 3 aromatic rings. The average molecular weight is 328 g/mol. The number of nitrogens with zero attached hydrogens (tertiary/aromatic N) is 2. The maximum Gasteiger partial charge on any atom is 0.128 e. The van der Waals surface area contributed by atoms with Gasteiger partial charge < -0.3 is 14.5 Å². The van der Waals surface area contributed by atoms with Gasteiger partial charge in [-0.2, -0.15) is 5.26 Å². The molecule has 116 valence electrons. The van der Waals surface area contributed by atoms with Crippen LogP contribution < -0.4 is 5.32 Å². The minimum absolute atomic E-state index is 0.196. The minimum Gasteiger partial charge on any atom is -0.467 e. The Hall–Kier alpha value is -2.55. The molecule has 1 unspecified atom stereocenters. The van der Waals surface area contributed by atoms with Crippen LogP contribution in [0.1, 0.15) is 17.4 Å². The molecule has 3 rings (SSSR count). The Labute approximate surface area is 138 Å². The Balaban J connectivity index is 1.99. The molecule has 0 saturated heterocycles. The van der Waals surface area contributed by atoms with E-state index < -0.39 is 0 Å². The molecule has 0 aliphatic heterocycles. The quantitative estimate of drug-likeness (QED) is 0.762. The summed E-state index contributed by atoms with van der Waals surface area (Å²) in [4.78, 5) is 4.54. The fourth-order valence-corrected chi connectivity index (χ4v) is 2.57. The number of hydrogen-bond donors (Lipinski definition) is 1. The van der Waals surface area contributed by atoms with Crippen molar-refractivity contribution >= 4 is 28.3 Å². The first-order valence-electron chi connectivity index (χ1n) is 7.00. The van der Waals surface area contributed by atoms with E-state index >= 15 is 0 Å². The molecule has 1 aromatic carbocycles. The van der Waals surface area contributed by atoms with Crippen molar-refractivity contribution in [3.05, 3.63) is 59.0 Å². The van der Waals surface area contributed by atoms with Crippen LogP contribution in [0.5, 0.6) is 0 Å². The van der Waals surface area contributed by atoms with Crippen LogP contribution in [0.3, 0.4) is 0 Å². The molecule has 0 radical (unpaired) electrons. The van der Waals surface area contributed by atoms with E-state index in [1.165, 1.54) is 0 Å². The highest BCUT2D eigenvalue weighted by Crippen LogP contribution is 2.26. The number of hydrogen-bond acceptors (Lipinski definition) is 5. The van der Waals surface area contributed by atoms with Gasteiger partial charge in [0.2, 0.25) is 0 Å². The second kappa shape index (κ2) is 6.69. The van der Waals surface area contributed by atoms with Crippen molar-refractivity contribution in [2.45, 2.75) is 6.04 Å². The summed E-state index contributed by atoms with van der Waals surface area (Å²) in [5.41, 5.74) is 1.21. The summed E-state index contributed by atoms with van der Waals surface area (Å²) in [5, 5.41) is 13.9. The first-order valence-corrected chi connectivity index (χ1v) is 7.38. The number of anilines is 1. The topological polar surface area (TPSA) is 71.1 Å². The third-order valence-corrected chi connectivity index (χ3v) is 3.67. The molecule has 2 heterocycles. The van der Waals surface area contributed by atoms with Crippen LogP contribution in [0.2, 0.25) is 5.02 Å². The standard InChI is InChI=1S/C17H14ClN3O2/c1-22-10-15(16-3-2-6-23-16)21-17-7-11(9-19)13-8-12(18)4-5-14(13)20-17/h2-8,15H,10H2,1H3,(H,20,21). The van der Waals surface area contributed by atoms with E-state index in [1.54, 1.807) is 37.6 Å². The van der Waals surface area contributed by atoms with Crippen LogP contribution in [0.25, 0.3) is 10.9 Å². The van der Waals surface area contributed by atoms with Crippen molar-refractivity contribution in [2.75, 3.05) is 19.0 Å². The van der Waals surface area contributed by atoms with Gasteiger partial charge in [-0.15, -0.1) is 0 Å². The molecule has 0 bridgehead atoms. The van der Waals surface area contributed by atoms with Crippen LogP contribution in [-0.2, 0) is 4.74 Å². The molecule has 0 aliphatic rings. The predicted molar refractivity (Wildman–Crippen MR) is 88.4 cm³/mol. The monoisotopic (exact) mass is 327 g/mol. The number of halogens is 1. The van der Waals surface area contributed by atoms with Gasteiger partial charge in [0.1, 0.15) is 17.6 Å². The fraction of sp³-hybridized carbons (Fsp3) is 0.176. The highest BCUT2D eigenvalue weighted by molar-refractivity contribution is 6.31. The molecule has 23 heavy (non-hydrogen) atoms. The third kappa shape index (κ3) is 3.29. The normalized spacial score (nSPS) is 12.0. The van der Waals surface area contributed by atoms with Crippen LogP contribution in [-0.4, -0.2) is 18.7 Å². The van der Waals surface area contributed by atoms with Gasteiger partial charge in [0, 0.05) is 17.5 Å². The van der Waals surface area contributed by atoms with Gasteiger partial charge in [-0.3, -0.25) is 0 Å². The molecule has 0 saturated carbocycles. The molecule has 1 N–H and O–H groups in total. The summed E-state index contributed by atoms with van der Waals surface area (Å²) in [6, 6.07) is 12.7. The SMILES string of the molecule is COCC(Nc1cc(C#N)c2cc(Cl)ccc2n1)c1ccco1. The summed E-state index contributed by atoms with van der Waals surface area (Å²) >= 11 is 6.00. The first-order chi connectivity index (χ1) is 11.2. The molecule has 2 aromatic heterocycles. The van der Waals surface area contributed by atoms with Crippen LogP contribution in [0.4, 0.5) is 5.82 Å². The molecular weight excluding hydrogens is 314 g/mol. The van der Waals surface area contributed by atoms with Gasteiger partial charge in [-0.05, 0) is 36.4 Å². The number of furan rings is 1. The fourth-order valence-electron chi connectivity index (χ4n) is 2.39. The number of aromatic nitrogens is 1. The lowest BCUT2D eigenvalue weighted by atomic mass is 10.1. The van der Waals surface area contributed by atoms with E-state index in [2.05, 4.69) is 16.4 Å². The number of rotatable bonds is 5. The Morgan fingerprint density at radius 1 is 1.39 bits per heavy atom. The highest BCUT2D eigenvalue weighted by Gasteiger charge is 2.16. The molecule has 6 heteroatoms. The van der Waals surface area contributed by atoms with Crippen molar-refractivity contribution in [2.24, 2.45) is 0 Å². The zero-order valence-corrected chi connectivity index (χ0v) is 13.2. The van der Waals surface area contributed by atoms with Gasteiger partial charge in [0.15, 0.2) is 0 Å². The van der Waals surface area contributed by atoms with Crippen molar-refractivity contribution < 1.29 is 9.15 Å².